The monoisotopic (exact) mass is 265 g/mol. The first kappa shape index (κ1) is 11.4. The van der Waals surface area contributed by atoms with Crippen molar-refractivity contribution in [2.75, 3.05) is 5.73 Å². The van der Waals surface area contributed by atoms with E-state index in [9.17, 15) is 0 Å². The molecule has 5 heteroatoms. The van der Waals surface area contributed by atoms with Crippen molar-refractivity contribution in [3.05, 3.63) is 53.5 Å². The number of nitrogens with zero attached hydrogens (tertiary/aromatic N) is 4. The standard InChI is InChI=1S/C15H15N5/c1-10-2-7-13-17-18-14(20(13)19-10)15(8-9-15)11-3-5-12(16)6-4-11/h2-7H,8-9,16H2,1H3. The van der Waals surface area contributed by atoms with Crippen LogP contribution in [-0.4, -0.2) is 19.8 Å². The third-order valence-corrected chi connectivity index (χ3v) is 4.04. The van der Waals surface area contributed by atoms with Gasteiger partial charge in [-0.1, -0.05) is 12.1 Å². The highest BCUT2D eigenvalue weighted by Crippen LogP contribution is 2.52. The molecular weight excluding hydrogens is 250 g/mol. The van der Waals surface area contributed by atoms with Gasteiger partial charge in [0.25, 0.3) is 0 Å². The number of nitrogen functional groups attached to an aromatic ring is 1. The zero-order chi connectivity index (χ0) is 13.7. The lowest BCUT2D eigenvalue weighted by molar-refractivity contribution is 0.699. The summed E-state index contributed by atoms with van der Waals surface area (Å²) in [7, 11) is 0. The van der Waals surface area contributed by atoms with Crippen LogP contribution in [0.3, 0.4) is 0 Å². The number of fused-ring (bicyclic) bond motifs is 1. The number of hydrogen-bond acceptors (Lipinski definition) is 4. The SMILES string of the molecule is Cc1ccc2nnc(C3(c4ccc(N)cc4)CC3)n2n1. The predicted molar refractivity (Wildman–Crippen MR) is 76.4 cm³/mol. The van der Waals surface area contributed by atoms with Crippen LogP contribution in [0.15, 0.2) is 36.4 Å². The molecule has 0 atom stereocenters. The molecule has 2 N–H and O–H groups in total. The highest BCUT2D eigenvalue weighted by molar-refractivity contribution is 5.48. The van der Waals surface area contributed by atoms with E-state index in [1.807, 2.05) is 35.7 Å². The van der Waals surface area contributed by atoms with Gasteiger partial charge in [-0.25, -0.2) is 0 Å². The summed E-state index contributed by atoms with van der Waals surface area (Å²) in [6.45, 7) is 1.98. The molecule has 0 bridgehead atoms. The number of anilines is 1. The molecule has 0 aliphatic heterocycles. The number of aromatic nitrogens is 4. The smallest absolute Gasteiger partial charge is 0.177 e. The third kappa shape index (κ3) is 1.52. The fourth-order valence-electron chi connectivity index (χ4n) is 2.75. The van der Waals surface area contributed by atoms with Gasteiger partial charge in [-0.3, -0.25) is 0 Å². The number of hydrogen-bond donors (Lipinski definition) is 1. The van der Waals surface area contributed by atoms with Gasteiger partial charge in [0.05, 0.1) is 11.1 Å². The fraction of sp³-hybridized carbons (Fsp3) is 0.267. The molecule has 1 aliphatic carbocycles. The van der Waals surface area contributed by atoms with Crippen molar-refractivity contribution in [1.82, 2.24) is 19.8 Å². The summed E-state index contributed by atoms with van der Waals surface area (Å²) in [6.07, 6.45) is 2.15. The molecule has 1 aliphatic rings. The topological polar surface area (TPSA) is 69.1 Å². The molecule has 0 spiro atoms. The average Bonchev–Trinajstić information content (AvgIpc) is 3.14. The maximum absolute atomic E-state index is 5.77. The van der Waals surface area contributed by atoms with Crippen LogP contribution in [0, 0.1) is 6.92 Å². The van der Waals surface area contributed by atoms with Crippen molar-refractivity contribution in [2.24, 2.45) is 0 Å². The zero-order valence-corrected chi connectivity index (χ0v) is 11.2. The van der Waals surface area contributed by atoms with E-state index in [1.54, 1.807) is 0 Å². The van der Waals surface area contributed by atoms with Gasteiger partial charge < -0.3 is 5.73 Å². The first-order valence-corrected chi connectivity index (χ1v) is 6.75. The molecule has 2 heterocycles. The molecule has 4 rings (SSSR count). The van der Waals surface area contributed by atoms with E-state index in [1.165, 1.54) is 5.56 Å². The lowest BCUT2D eigenvalue weighted by atomic mass is 9.95. The van der Waals surface area contributed by atoms with E-state index in [4.69, 9.17) is 5.73 Å². The Morgan fingerprint density at radius 2 is 1.80 bits per heavy atom. The molecule has 0 unspecified atom stereocenters. The number of benzene rings is 1. The van der Waals surface area contributed by atoms with E-state index in [0.29, 0.717) is 0 Å². The van der Waals surface area contributed by atoms with E-state index in [2.05, 4.69) is 27.4 Å². The van der Waals surface area contributed by atoms with Crippen molar-refractivity contribution in [3.63, 3.8) is 0 Å². The van der Waals surface area contributed by atoms with Crippen molar-refractivity contribution in [2.45, 2.75) is 25.2 Å². The Hall–Kier alpha value is -2.43. The summed E-state index contributed by atoms with van der Waals surface area (Å²) in [4.78, 5) is 0. The van der Waals surface area contributed by atoms with Gasteiger partial charge in [0, 0.05) is 5.69 Å². The van der Waals surface area contributed by atoms with Gasteiger partial charge in [0.15, 0.2) is 11.5 Å². The Morgan fingerprint density at radius 1 is 1.05 bits per heavy atom. The van der Waals surface area contributed by atoms with E-state index in [-0.39, 0.29) is 5.41 Å². The zero-order valence-electron chi connectivity index (χ0n) is 11.2. The van der Waals surface area contributed by atoms with Crippen LogP contribution in [0.4, 0.5) is 5.69 Å². The molecule has 0 radical (unpaired) electrons. The van der Waals surface area contributed by atoms with Gasteiger partial charge in [-0.05, 0) is 49.6 Å². The van der Waals surface area contributed by atoms with Crippen LogP contribution >= 0.6 is 0 Å². The normalized spacial score (nSPS) is 16.4. The summed E-state index contributed by atoms with van der Waals surface area (Å²) in [6, 6.07) is 12.0. The van der Waals surface area contributed by atoms with Gasteiger partial charge in [0.1, 0.15) is 0 Å². The molecule has 1 aromatic carbocycles. The second-order valence-corrected chi connectivity index (χ2v) is 5.47. The lowest BCUT2D eigenvalue weighted by Crippen LogP contribution is -2.15. The summed E-state index contributed by atoms with van der Waals surface area (Å²) in [5.41, 5.74) is 9.51. The minimum atomic E-state index is -0.0477. The van der Waals surface area contributed by atoms with Gasteiger partial charge >= 0.3 is 0 Å². The van der Waals surface area contributed by atoms with Gasteiger partial charge in [-0.2, -0.15) is 9.61 Å². The minimum absolute atomic E-state index is 0.0477. The second-order valence-electron chi connectivity index (χ2n) is 5.47. The minimum Gasteiger partial charge on any atom is -0.399 e. The molecule has 100 valence electrons. The Balaban J connectivity index is 1.90. The van der Waals surface area contributed by atoms with Crippen molar-refractivity contribution >= 4 is 11.3 Å². The molecular formula is C15H15N5. The quantitative estimate of drug-likeness (QED) is 0.720. The van der Waals surface area contributed by atoms with Crippen molar-refractivity contribution in [3.8, 4) is 0 Å². The van der Waals surface area contributed by atoms with Crippen LogP contribution in [0.25, 0.3) is 5.65 Å². The van der Waals surface area contributed by atoms with Gasteiger partial charge in [-0.15, -0.1) is 10.2 Å². The average molecular weight is 265 g/mol. The molecule has 3 aromatic rings. The van der Waals surface area contributed by atoms with Crippen LogP contribution in [0.2, 0.25) is 0 Å². The molecule has 0 amide bonds. The molecule has 20 heavy (non-hydrogen) atoms. The molecule has 5 nitrogen and oxygen atoms in total. The predicted octanol–water partition coefficient (Wildman–Crippen LogP) is 2.09. The van der Waals surface area contributed by atoms with E-state index in [0.717, 1.165) is 35.7 Å². The second kappa shape index (κ2) is 3.79. The van der Waals surface area contributed by atoms with Crippen molar-refractivity contribution < 1.29 is 0 Å². The highest BCUT2D eigenvalue weighted by atomic mass is 15.4. The maximum Gasteiger partial charge on any atom is 0.177 e. The van der Waals surface area contributed by atoms with Gasteiger partial charge in [0.2, 0.25) is 0 Å². The first-order valence-electron chi connectivity index (χ1n) is 6.75. The van der Waals surface area contributed by atoms with E-state index >= 15 is 0 Å². The fourth-order valence-corrected chi connectivity index (χ4v) is 2.75. The third-order valence-electron chi connectivity index (χ3n) is 4.04. The molecule has 1 saturated carbocycles. The Kier molecular flexibility index (Phi) is 2.16. The maximum atomic E-state index is 5.77. The first-order chi connectivity index (χ1) is 9.69. The number of rotatable bonds is 2. The number of aryl methyl sites for hydroxylation is 1. The summed E-state index contributed by atoms with van der Waals surface area (Å²) >= 11 is 0. The molecule has 0 saturated heterocycles. The Labute approximate surface area is 116 Å². The largest absolute Gasteiger partial charge is 0.399 e. The number of nitrogens with two attached hydrogens (primary N) is 1. The van der Waals surface area contributed by atoms with Crippen LogP contribution < -0.4 is 5.73 Å². The molecule has 2 aromatic heterocycles. The lowest BCUT2D eigenvalue weighted by Gasteiger charge is -2.13. The summed E-state index contributed by atoms with van der Waals surface area (Å²) < 4.78 is 1.87. The summed E-state index contributed by atoms with van der Waals surface area (Å²) in [5, 5.41) is 13.2. The van der Waals surface area contributed by atoms with Crippen LogP contribution in [0.5, 0.6) is 0 Å². The highest BCUT2D eigenvalue weighted by Gasteiger charge is 2.50. The summed E-state index contributed by atoms with van der Waals surface area (Å²) in [5.74, 6) is 0.931. The molecule has 1 fully saturated rings. The van der Waals surface area contributed by atoms with Crippen molar-refractivity contribution in [1.29, 1.82) is 0 Å². The Bertz CT molecular complexity index is 784. The van der Waals surface area contributed by atoms with E-state index < -0.39 is 0 Å². The Morgan fingerprint density at radius 3 is 2.50 bits per heavy atom. The van der Waals surface area contributed by atoms with Crippen LogP contribution in [-0.2, 0) is 5.41 Å². The van der Waals surface area contributed by atoms with Crippen LogP contribution in [0.1, 0.15) is 29.9 Å².